The van der Waals surface area contributed by atoms with Crippen LogP contribution in [0.5, 0.6) is 0 Å². The first-order chi connectivity index (χ1) is 14.9. The minimum absolute atomic E-state index is 0.674. The van der Waals surface area contributed by atoms with Gasteiger partial charge in [0.05, 0.1) is 11.4 Å². The van der Waals surface area contributed by atoms with Crippen molar-refractivity contribution in [3.63, 3.8) is 0 Å². The largest absolute Gasteiger partial charge is 0.390 e. The molecular weight excluding hydrogens is 416 g/mol. The second-order valence-corrected chi connectivity index (χ2v) is 7.35. The van der Waals surface area contributed by atoms with Gasteiger partial charge in [-0.15, -0.1) is 0 Å². The number of rotatable bonds is 3. The van der Waals surface area contributed by atoms with E-state index in [1.165, 1.54) is 29.7 Å². The average molecular weight is 435 g/mol. The second kappa shape index (κ2) is 10.3. The molecule has 0 saturated heterocycles. The maximum Gasteiger partial charge on any atom is 0.122 e. The Morgan fingerprint density at radius 2 is 1.83 bits per heavy atom. The number of aromatic amines is 2. The summed E-state index contributed by atoms with van der Waals surface area (Å²) in [5, 5.41) is 11.2. The highest BCUT2D eigenvalue weighted by atomic mass is 32.2. The number of hydrogen-bond donors (Lipinski definition) is 2. The summed E-state index contributed by atoms with van der Waals surface area (Å²) in [5.41, 5.74) is 4.83. The normalized spacial score (nSPS) is 14.7. The molecule has 0 spiro atoms. The number of nitrogens with one attached hydrogen (secondary N) is 2. The predicted molar refractivity (Wildman–Crippen MR) is 124 cm³/mol. The number of nitrogens with zero attached hydrogens (tertiary/aromatic N) is 2. The third kappa shape index (κ3) is 4.91. The van der Waals surface area contributed by atoms with E-state index in [1.807, 2.05) is 71.6 Å². The molecule has 2 N–H and O–H groups in total. The Bertz CT molecular complexity index is 1090. The monoisotopic (exact) mass is 434 g/mol. The molecule has 2 aromatic heterocycles. The van der Waals surface area contributed by atoms with Crippen molar-refractivity contribution in [1.29, 1.82) is 0 Å². The molecule has 0 radical (unpaired) electrons. The zero-order valence-electron chi connectivity index (χ0n) is 15.8. The topological polar surface area (TPSA) is 78.7 Å². The van der Waals surface area contributed by atoms with E-state index in [4.69, 9.17) is 9.36 Å². The van der Waals surface area contributed by atoms with E-state index in [1.54, 1.807) is 18.4 Å². The number of aromatic nitrogens is 2. The van der Waals surface area contributed by atoms with Gasteiger partial charge in [-0.25, -0.2) is 9.55 Å². The molecule has 0 aromatic carbocycles. The van der Waals surface area contributed by atoms with Crippen LogP contribution in [0.25, 0.3) is 11.3 Å². The fraction of sp³-hybridized carbons (Fsp3) is 0. The standard InChI is InChI=1S/C22H18N4O2S2/c1-2-10-21(25-28-12-5-1)22-17(19-8-3-6-13-27-24-19)11-15-29-23-16-18(22)20-9-4-7-14-30-26-20/h1-16,23,25H. The smallest absolute Gasteiger partial charge is 0.122 e. The van der Waals surface area contributed by atoms with Gasteiger partial charge in [0.25, 0.3) is 0 Å². The minimum Gasteiger partial charge on any atom is -0.390 e. The van der Waals surface area contributed by atoms with E-state index in [-0.39, 0.29) is 0 Å². The van der Waals surface area contributed by atoms with Crippen LogP contribution < -0.4 is 0 Å². The summed E-state index contributed by atoms with van der Waals surface area (Å²) in [5.74, 6) is 0. The molecule has 4 heterocycles. The molecule has 150 valence electrons. The lowest BCUT2D eigenvalue weighted by atomic mass is 9.95. The van der Waals surface area contributed by atoms with E-state index in [2.05, 4.69) is 19.1 Å². The lowest BCUT2D eigenvalue weighted by molar-refractivity contribution is 0.270. The Balaban J connectivity index is 2.06. The van der Waals surface area contributed by atoms with Crippen molar-refractivity contribution < 1.29 is 9.36 Å². The van der Waals surface area contributed by atoms with Crippen molar-refractivity contribution in [3.8, 4) is 11.3 Å². The van der Waals surface area contributed by atoms with Crippen LogP contribution in [0.1, 0.15) is 11.1 Å². The van der Waals surface area contributed by atoms with Gasteiger partial charge in [0, 0.05) is 40.2 Å². The molecule has 30 heavy (non-hydrogen) atoms. The summed E-state index contributed by atoms with van der Waals surface area (Å²) < 4.78 is 13.4. The fourth-order valence-corrected chi connectivity index (χ4v) is 3.74. The molecule has 8 heteroatoms. The molecule has 0 fully saturated rings. The van der Waals surface area contributed by atoms with Crippen LogP contribution in [-0.2, 0) is 4.84 Å². The van der Waals surface area contributed by atoms with Gasteiger partial charge in [0.15, 0.2) is 0 Å². The van der Waals surface area contributed by atoms with E-state index in [0.29, 0.717) is 5.71 Å². The zero-order chi connectivity index (χ0) is 20.4. The van der Waals surface area contributed by atoms with Crippen LogP contribution in [0.3, 0.4) is 0 Å². The van der Waals surface area contributed by atoms with Gasteiger partial charge in [0.1, 0.15) is 18.2 Å². The summed E-state index contributed by atoms with van der Waals surface area (Å²) in [7, 11) is 0. The summed E-state index contributed by atoms with van der Waals surface area (Å²) in [6.07, 6.45) is 16.5. The van der Waals surface area contributed by atoms with Gasteiger partial charge in [-0.2, -0.15) is 0 Å². The summed E-state index contributed by atoms with van der Waals surface area (Å²) >= 11 is 2.84. The van der Waals surface area contributed by atoms with Crippen LogP contribution in [0.15, 0.2) is 110 Å². The molecule has 0 bridgehead atoms. The third-order valence-electron chi connectivity index (χ3n) is 4.05. The van der Waals surface area contributed by atoms with Crippen molar-refractivity contribution in [2.75, 3.05) is 0 Å². The summed E-state index contributed by atoms with van der Waals surface area (Å²) in [6.45, 7) is 0. The first kappa shape index (κ1) is 19.8. The number of hydrogen-bond acceptors (Lipinski definition) is 6. The Labute approximate surface area is 182 Å². The molecule has 4 rings (SSSR count). The maximum absolute atomic E-state index is 5.49. The van der Waals surface area contributed by atoms with Crippen LogP contribution in [0.4, 0.5) is 0 Å². The van der Waals surface area contributed by atoms with Crippen LogP contribution in [-0.4, -0.2) is 21.0 Å². The van der Waals surface area contributed by atoms with E-state index in [0.717, 1.165) is 28.1 Å². The quantitative estimate of drug-likeness (QED) is 0.561. The first-order valence-electron chi connectivity index (χ1n) is 9.06. The lowest BCUT2D eigenvalue weighted by Crippen LogP contribution is -2.06. The van der Waals surface area contributed by atoms with Gasteiger partial charge in [-0.05, 0) is 41.8 Å². The van der Waals surface area contributed by atoms with Gasteiger partial charge in [-0.1, -0.05) is 47.0 Å². The Kier molecular flexibility index (Phi) is 6.82. The molecular formula is C22H18N4O2S2. The first-order valence-corrected chi connectivity index (χ1v) is 10.8. The third-order valence-corrected chi connectivity index (χ3v) is 5.15. The molecule has 2 aliphatic heterocycles. The average Bonchev–Trinajstić information content (AvgIpc) is 3.14. The van der Waals surface area contributed by atoms with Crippen molar-refractivity contribution in [2.24, 2.45) is 9.55 Å². The fourth-order valence-electron chi connectivity index (χ4n) is 2.77. The minimum atomic E-state index is 0.674. The molecule has 6 nitrogen and oxygen atoms in total. The lowest BCUT2D eigenvalue weighted by Gasteiger charge is -2.12. The highest BCUT2D eigenvalue weighted by Crippen LogP contribution is 2.28. The van der Waals surface area contributed by atoms with Crippen molar-refractivity contribution in [2.45, 2.75) is 0 Å². The number of oxime groups is 1. The van der Waals surface area contributed by atoms with E-state index >= 15 is 0 Å². The van der Waals surface area contributed by atoms with Crippen molar-refractivity contribution in [1.82, 2.24) is 9.53 Å². The van der Waals surface area contributed by atoms with Gasteiger partial charge in [-0.3, -0.25) is 0 Å². The van der Waals surface area contributed by atoms with Crippen molar-refractivity contribution in [3.05, 3.63) is 107 Å². The number of allylic oxidation sites excluding steroid dienone is 6. The van der Waals surface area contributed by atoms with Crippen LogP contribution >= 0.6 is 23.5 Å². The predicted octanol–water partition coefficient (Wildman–Crippen LogP) is 6.24. The molecule has 0 amide bonds. The summed E-state index contributed by atoms with van der Waals surface area (Å²) in [6, 6.07) is 9.59. The van der Waals surface area contributed by atoms with Gasteiger partial charge in [0.2, 0.25) is 0 Å². The Hall–Kier alpha value is -3.49. The maximum atomic E-state index is 5.49. The Morgan fingerprint density at radius 1 is 0.900 bits per heavy atom. The van der Waals surface area contributed by atoms with E-state index in [9.17, 15) is 0 Å². The molecule has 0 aliphatic carbocycles. The van der Waals surface area contributed by atoms with Crippen molar-refractivity contribution >= 4 is 34.9 Å². The molecule has 2 aliphatic rings. The molecule has 2 aromatic rings. The number of H-pyrrole nitrogens is 2. The van der Waals surface area contributed by atoms with Gasteiger partial charge >= 0.3 is 0 Å². The van der Waals surface area contributed by atoms with Gasteiger partial charge < -0.3 is 13.7 Å². The molecule has 0 saturated carbocycles. The SMILES string of the molecule is C1=CON=C(c2ccs[nH]cc(C3=NSC=CC=C3)c2-c2ccccco[nH]2)C=C1. The van der Waals surface area contributed by atoms with E-state index < -0.39 is 0 Å². The second-order valence-electron chi connectivity index (χ2n) is 5.94. The zero-order valence-corrected chi connectivity index (χ0v) is 17.4. The molecule has 0 unspecified atom stereocenters. The summed E-state index contributed by atoms with van der Waals surface area (Å²) in [4.78, 5) is 5.29. The highest BCUT2D eigenvalue weighted by Gasteiger charge is 2.17. The van der Waals surface area contributed by atoms with Crippen LogP contribution in [0, 0.1) is 0 Å². The van der Waals surface area contributed by atoms with Crippen LogP contribution in [0.2, 0.25) is 0 Å². The molecule has 0 atom stereocenters. The highest BCUT2D eigenvalue weighted by molar-refractivity contribution is 8.01. The Morgan fingerprint density at radius 3 is 2.83 bits per heavy atom.